The van der Waals surface area contributed by atoms with E-state index in [9.17, 15) is 0 Å². The lowest BCUT2D eigenvalue weighted by Gasteiger charge is -1.99. The van der Waals surface area contributed by atoms with Gasteiger partial charge in [-0.25, -0.2) is 0 Å². The van der Waals surface area contributed by atoms with Crippen molar-refractivity contribution in [1.29, 1.82) is 0 Å². The lowest BCUT2D eigenvalue weighted by atomic mass is 10.1. The SMILES string of the molecule is CCCC(C)C.COCCC(C)C. The van der Waals surface area contributed by atoms with E-state index in [-0.39, 0.29) is 0 Å². The molecule has 0 aliphatic rings. The monoisotopic (exact) mass is 188 g/mol. The molecule has 0 spiro atoms. The molecule has 0 saturated carbocycles. The molecule has 0 atom stereocenters. The van der Waals surface area contributed by atoms with E-state index in [1.54, 1.807) is 7.11 Å². The average Bonchev–Trinajstić information content (AvgIpc) is 2.01. The summed E-state index contributed by atoms with van der Waals surface area (Å²) < 4.78 is 4.85. The highest BCUT2D eigenvalue weighted by molar-refractivity contribution is 4.40. The summed E-state index contributed by atoms with van der Waals surface area (Å²) in [6.45, 7) is 12.0. The van der Waals surface area contributed by atoms with E-state index in [1.807, 2.05) is 0 Å². The van der Waals surface area contributed by atoms with Crippen LogP contribution in [0.25, 0.3) is 0 Å². The zero-order chi connectivity index (χ0) is 10.7. The molecule has 1 nitrogen and oxygen atoms in total. The third kappa shape index (κ3) is 24.5. The molecule has 0 aliphatic carbocycles. The van der Waals surface area contributed by atoms with E-state index in [4.69, 9.17) is 4.74 Å². The van der Waals surface area contributed by atoms with E-state index in [0.717, 1.165) is 18.4 Å². The minimum absolute atomic E-state index is 0.778. The Hall–Kier alpha value is -0.0400. The van der Waals surface area contributed by atoms with Crippen molar-refractivity contribution in [3.05, 3.63) is 0 Å². The van der Waals surface area contributed by atoms with Crippen molar-refractivity contribution in [2.45, 2.75) is 53.9 Å². The number of hydrogen-bond donors (Lipinski definition) is 0. The molecule has 0 heterocycles. The molecular weight excluding hydrogens is 160 g/mol. The van der Waals surface area contributed by atoms with Crippen molar-refractivity contribution in [3.63, 3.8) is 0 Å². The maximum atomic E-state index is 4.85. The Morgan fingerprint density at radius 2 is 1.38 bits per heavy atom. The Bertz CT molecular complexity index is 77.2. The first-order valence-corrected chi connectivity index (χ1v) is 5.53. The highest BCUT2D eigenvalue weighted by Gasteiger charge is 1.89. The fraction of sp³-hybridized carbons (Fsp3) is 1.00. The van der Waals surface area contributed by atoms with E-state index in [2.05, 4.69) is 34.6 Å². The molecule has 0 unspecified atom stereocenters. The zero-order valence-corrected chi connectivity index (χ0v) is 10.4. The molecule has 0 N–H and O–H groups in total. The average molecular weight is 188 g/mol. The van der Waals surface area contributed by atoms with Gasteiger partial charge in [0, 0.05) is 13.7 Å². The standard InChI is InChI=1S/C6H14O.C6H14/c1-6(2)4-5-7-3;1-4-5-6(2)3/h6H,4-5H2,1-3H3;6H,4-5H2,1-3H3. The predicted octanol–water partition coefficient (Wildman–Crippen LogP) is 4.12. The smallest absolute Gasteiger partial charge is 0.0464 e. The predicted molar refractivity (Wildman–Crippen MR) is 61.1 cm³/mol. The van der Waals surface area contributed by atoms with Crippen molar-refractivity contribution in [2.24, 2.45) is 11.8 Å². The van der Waals surface area contributed by atoms with Crippen LogP contribution < -0.4 is 0 Å². The van der Waals surface area contributed by atoms with Crippen LogP contribution in [0.15, 0.2) is 0 Å². The Labute approximate surface area is 84.9 Å². The zero-order valence-electron chi connectivity index (χ0n) is 10.4. The molecule has 13 heavy (non-hydrogen) atoms. The van der Waals surface area contributed by atoms with Gasteiger partial charge in [-0.05, 0) is 18.3 Å². The molecule has 82 valence electrons. The van der Waals surface area contributed by atoms with Crippen LogP contribution in [0.4, 0.5) is 0 Å². The number of hydrogen-bond acceptors (Lipinski definition) is 1. The summed E-state index contributed by atoms with van der Waals surface area (Å²) >= 11 is 0. The molecule has 0 aromatic carbocycles. The Balaban J connectivity index is 0. The fourth-order valence-corrected chi connectivity index (χ4v) is 0.931. The topological polar surface area (TPSA) is 9.23 Å². The summed E-state index contributed by atoms with van der Waals surface area (Å²) in [5.41, 5.74) is 0. The lowest BCUT2D eigenvalue weighted by molar-refractivity contribution is 0.183. The van der Waals surface area contributed by atoms with Gasteiger partial charge in [0.15, 0.2) is 0 Å². The third-order valence-electron chi connectivity index (χ3n) is 1.77. The lowest BCUT2D eigenvalue weighted by Crippen LogP contribution is -1.93. The van der Waals surface area contributed by atoms with Crippen LogP contribution in [0.1, 0.15) is 53.9 Å². The molecule has 0 rings (SSSR count). The molecular formula is C12H28O. The first-order valence-electron chi connectivity index (χ1n) is 5.53. The van der Waals surface area contributed by atoms with Crippen LogP contribution in [-0.4, -0.2) is 13.7 Å². The molecule has 1 heteroatoms. The van der Waals surface area contributed by atoms with Crippen molar-refractivity contribution < 1.29 is 4.74 Å². The molecule has 0 amide bonds. The minimum atomic E-state index is 0.778. The Morgan fingerprint density at radius 3 is 1.46 bits per heavy atom. The van der Waals surface area contributed by atoms with Gasteiger partial charge < -0.3 is 4.74 Å². The number of rotatable bonds is 5. The molecule has 0 aromatic heterocycles. The third-order valence-corrected chi connectivity index (χ3v) is 1.77. The highest BCUT2D eigenvalue weighted by Crippen LogP contribution is 2.00. The van der Waals surface area contributed by atoms with E-state index >= 15 is 0 Å². The minimum Gasteiger partial charge on any atom is -0.385 e. The summed E-state index contributed by atoms with van der Waals surface area (Å²) in [6, 6.07) is 0. The van der Waals surface area contributed by atoms with Gasteiger partial charge in [-0.3, -0.25) is 0 Å². The van der Waals surface area contributed by atoms with Gasteiger partial charge in [-0.15, -0.1) is 0 Å². The molecule has 0 bridgehead atoms. The van der Waals surface area contributed by atoms with Crippen molar-refractivity contribution in [3.8, 4) is 0 Å². The fourth-order valence-electron chi connectivity index (χ4n) is 0.931. The van der Waals surface area contributed by atoms with Gasteiger partial charge in [-0.1, -0.05) is 47.5 Å². The van der Waals surface area contributed by atoms with Crippen LogP contribution in [-0.2, 0) is 4.74 Å². The van der Waals surface area contributed by atoms with Gasteiger partial charge in [0.05, 0.1) is 0 Å². The maximum Gasteiger partial charge on any atom is 0.0464 e. The molecule has 0 fully saturated rings. The molecule has 0 saturated heterocycles. The van der Waals surface area contributed by atoms with Crippen LogP contribution >= 0.6 is 0 Å². The van der Waals surface area contributed by atoms with Crippen LogP contribution in [0.2, 0.25) is 0 Å². The highest BCUT2D eigenvalue weighted by atomic mass is 16.5. The Morgan fingerprint density at radius 1 is 0.923 bits per heavy atom. The second-order valence-corrected chi connectivity index (χ2v) is 4.36. The largest absolute Gasteiger partial charge is 0.385 e. The number of ether oxygens (including phenoxy) is 1. The van der Waals surface area contributed by atoms with Gasteiger partial charge in [-0.2, -0.15) is 0 Å². The second kappa shape index (κ2) is 12.0. The molecule has 0 radical (unpaired) electrons. The summed E-state index contributed by atoms with van der Waals surface area (Å²) in [6.07, 6.45) is 3.88. The van der Waals surface area contributed by atoms with Crippen LogP contribution in [0.3, 0.4) is 0 Å². The summed E-state index contributed by atoms with van der Waals surface area (Å²) in [4.78, 5) is 0. The number of methoxy groups -OCH3 is 1. The van der Waals surface area contributed by atoms with Crippen molar-refractivity contribution in [1.82, 2.24) is 0 Å². The van der Waals surface area contributed by atoms with Gasteiger partial charge in [0.1, 0.15) is 0 Å². The van der Waals surface area contributed by atoms with E-state index < -0.39 is 0 Å². The van der Waals surface area contributed by atoms with E-state index in [1.165, 1.54) is 19.3 Å². The van der Waals surface area contributed by atoms with Crippen LogP contribution in [0.5, 0.6) is 0 Å². The van der Waals surface area contributed by atoms with Gasteiger partial charge >= 0.3 is 0 Å². The second-order valence-electron chi connectivity index (χ2n) is 4.36. The van der Waals surface area contributed by atoms with Crippen molar-refractivity contribution in [2.75, 3.05) is 13.7 Å². The summed E-state index contributed by atoms with van der Waals surface area (Å²) in [5.74, 6) is 1.68. The first kappa shape index (κ1) is 15.4. The summed E-state index contributed by atoms with van der Waals surface area (Å²) in [7, 11) is 1.74. The van der Waals surface area contributed by atoms with Gasteiger partial charge in [0.25, 0.3) is 0 Å². The molecule has 0 aliphatic heterocycles. The summed E-state index contributed by atoms with van der Waals surface area (Å²) in [5, 5.41) is 0. The maximum absolute atomic E-state index is 4.85. The molecule has 0 aromatic rings. The Kier molecular flexibility index (Phi) is 14.2. The van der Waals surface area contributed by atoms with Crippen LogP contribution in [0, 0.1) is 11.8 Å². The first-order chi connectivity index (χ1) is 6.04. The van der Waals surface area contributed by atoms with Crippen molar-refractivity contribution >= 4 is 0 Å². The normalized spacial score (nSPS) is 10.2. The van der Waals surface area contributed by atoms with E-state index in [0.29, 0.717) is 0 Å². The van der Waals surface area contributed by atoms with Gasteiger partial charge in [0.2, 0.25) is 0 Å². The quantitative estimate of drug-likeness (QED) is 0.630.